The minimum absolute atomic E-state index is 0.0751. The molecule has 0 fully saturated rings. The predicted molar refractivity (Wildman–Crippen MR) is 82.3 cm³/mol. The van der Waals surface area contributed by atoms with Crippen LogP contribution in [0.25, 0.3) is 0 Å². The van der Waals surface area contributed by atoms with Gasteiger partial charge in [-0.05, 0) is 6.07 Å². The molecule has 7 nitrogen and oxygen atoms in total. The number of nitrogens with one attached hydrogen (secondary N) is 1. The first-order valence-electron chi connectivity index (χ1n) is 7.20. The Morgan fingerprint density at radius 3 is 2.96 bits per heavy atom. The third-order valence-electron chi connectivity index (χ3n) is 3.86. The summed E-state index contributed by atoms with van der Waals surface area (Å²) < 4.78 is 11.8. The molecule has 1 aliphatic rings. The molecule has 0 saturated carbocycles. The highest BCUT2D eigenvalue weighted by molar-refractivity contribution is 5.94. The van der Waals surface area contributed by atoms with E-state index < -0.39 is 5.97 Å². The van der Waals surface area contributed by atoms with Gasteiger partial charge in [0.15, 0.2) is 6.61 Å². The van der Waals surface area contributed by atoms with Crippen LogP contribution < -0.4 is 10.1 Å². The standard InChI is InChI=1S/C16H17N3O4/c1-19-16-12(8-17-19)11(7-14(20)18-16)10-5-3-4-6-13(10)23-9-15(21)22-2/h3-6,8,11H,7,9H2,1-2H3,(H,18,20)/t11-/m1/s1. The maximum atomic E-state index is 12.0. The SMILES string of the molecule is COC(=O)COc1ccccc1[C@H]1CC(=O)Nc2c1cnn2C. The smallest absolute Gasteiger partial charge is 0.343 e. The molecular weight excluding hydrogens is 298 g/mol. The lowest BCUT2D eigenvalue weighted by atomic mass is 9.87. The van der Waals surface area contributed by atoms with Gasteiger partial charge in [0.1, 0.15) is 11.6 Å². The van der Waals surface area contributed by atoms with Crippen LogP contribution in [0.1, 0.15) is 23.5 Å². The first-order chi connectivity index (χ1) is 11.1. The predicted octanol–water partition coefficient (Wildman–Crippen LogP) is 1.45. The van der Waals surface area contributed by atoms with Gasteiger partial charge in [-0.15, -0.1) is 0 Å². The fourth-order valence-corrected chi connectivity index (χ4v) is 2.71. The number of methoxy groups -OCH3 is 1. The molecule has 2 aromatic rings. The van der Waals surface area contributed by atoms with E-state index in [2.05, 4.69) is 15.2 Å². The van der Waals surface area contributed by atoms with E-state index >= 15 is 0 Å². The zero-order valence-corrected chi connectivity index (χ0v) is 12.9. The van der Waals surface area contributed by atoms with Crippen LogP contribution >= 0.6 is 0 Å². The summed E-state index contributed by atoms with van der Waals surface area (Å²) in [6.45, 7) is -0.174. The summed E-state index contributed by atoms with van der Waals surface area (Å²) >= 11 is 0. The van der Waals surface area contributed by atoms with Gasteiger partial charge in [0.2, 0.25) is 5.91 Å². The highest BCUT2D eigenvalue weighted by Gasteiger charge is 2.31. The number of esters is 1. The minimum Gasteiger partial charge on any atom is -0.482 e. The number of nitrogens with zero attached hydrogens (tertiary/aromatic N) is 2. The molecule has 23 heavy (non-hydrogen) atoms. The first-order valence-corrected chi connectivity index (χ1v) is 7.20. The van der Waals surface area contributed by atoms with Crippen LogP contribution in [0.4, 0.5) is 5.82 Å². The van der Waals surface area contributed by atoms with E-state index in [9.17, 15) is 9.59 Å². The number of carbonyl (C=O) groups excluding carboxylic acids is 2. The van der Waals surface area contributed by atoms with Gasteiger partial charge < -0.3 is 14.8 Å². The summed E-state index contributed by atoms with van der Waals surface area (Å²) in [5.74, 6) is 0.555. The fourth-order valence-electron chi connectivity index (χ4n) is 2.71. The van der Waals surface area contributed by atoms with Crippen molar-refractivity contribution in [2.24, 2.45) is 7.05 Å². The molecule has 1 aromatic heterocycles. The second-order valence-electron chi connectivity index (χ2n) is 5.28. The highest BCUT2D eigenvalue weighted by atomic mass is 16.6. The minimum atomic E-state index is -0.455. The Hall–Kier alpha value is -2.83. The Bertz CT molecular complexity index is 754. The Balaban J connectivity index is 1.96. The normalized spacial score (nSPS) is 16.4. The monoisotopic (exact) mass is 315 g/mol. The van der Waals surface area contributed by atoms with Crippen molar-refractivity contribution in [3.8, 4) is 5.75 Å². The fraction of sp³-hybridized carbons (Fsp3) is 0.312. The van der Waals surface area contributed by atoms with E-state index in [0.717, 1.165) is 11.1 Å². The van der Waals surface area contributed by atoms with Gasteiger partial charge in [0, 0.05) is 30.5 Å². The number of aryl methyl sites for hydroxylation is 1. The molecule has 0 unspecified atom stereocenters. The van der Waals surface area contributed by atoms with Gasteiger partial charge in [0.05, 0.1) is 13.3 Å². The van der Waals surface area contributed by atoms with Gasteiger partial charge in [0.25, 0.3) is 0 Å². The molecular formula is C16H17N3O4. The number of rotatable bonds is 4. The van der Waals surface area contributed by atoms with E-state index in [1.807, 2.05) is 18.2 Å². The van der Waals surface area contributed by atoms with Gasteiger partial charge in [-0.3, -0.25) is 9.48 Å². The number of benzene rings is 1. The van der Waals surface area contributed by atoms with E-state index in [-0.39, 0.29) is 18.4 Å². The third-order valence-corrected chi connectivity index (χ3v) is 3.86. The molecule has 1 amide bonds. The third kappa shape index (κ3) is 2.90. The van der Waals surface area contributed by atoms with Crippen LogP contribution in [0, 0.1) is 0 Å². The van der Waals surface area contributed by atoms with Gasteiger partial charge >= 0.3 is 5.97 Å². The molecule has 0 bridgehead atoms. The molecule has 7 heteroatoms. The Labute approximate surface area is 133 Å². The van der Waals surface area contributed by atoms with Crippen LogP contribution in [0.5, 0.6) is 5.75 Å². The maximum Gasteiger partial charge on any atom is 0.343 e. The van der Waals surface area contributed by atoms with Crippen LogP contribution in [0.2, 0.25) is 0 Å². The van der Waals surface area contributed by atoms with Crippen molar-refractivity contribution in [1.29, 1.82) is 0 Å². The summed E-state index contributed by atoms with van der Waals surface area (Å²) in [7, 11) is 3.09. The van der Waals surface area contributed by atoms with Crippen molar-refractivity contribution in [2.45, 2.75) is 12.3 Å². The number of fused-ring (bicyclic) bond motifs is 1. The van der Waals surface area contributed by atoms with Crippen LogP contribution in [-0.4, -0.2) is 35.4 Å². The average Bonchev–Trinajstić information content (AvgIpc) is 2.93. The molecule has 0 aliphatic carbocycles. The molecule has 0 radical (unpaired) electrons. The number of ether oxygens (including phenoxy) is 2. The number of carbonyl (C=O) groups is 2. The molecule has 1 aliphatic heterocycles. The van der Waals surface area contributed by atoms with E-state index in [4.69, 9.17) is 4.74 Å². The molecule has 0 spiro atoms. The largest absolute Gasteiger partial charge is 0.482 e. The molecule has 1 atom stereocenters. The summed E-state index contributed by atoms with van der Waals surface area (Å²) in [5, 5.41) is 7.05. The van der Waals surface area contributed by atoms with Crippen molar-refractivity contribution in [3.63, 3.8) is 0 Å². The lowest BCUT2D eigenvalue weighted by Crippen LogP contribution is -2.25. The highest BCUT2D eigenvalue weighted by Crippen LogP contribution is 2.40. The number of amides is 1. The molecule has 1 aromatic carbocycles. The molecule has 2 heterocycles. The zero-order chi connectivity index (χ0) is 16.4. The maximum absolute atomic E-state index is 12.0. The lowest BCUT2D eigenvalue weighted by molar-refractivity contribution is -0.142. The summed E-state index contributed by atoms with van der Waals surface area (Å²) in [6, 6.07) is 7.37. The Kier molecular flexibility index (Phi) is 4.01. The summed E-state index contributed by atoms with van der Waals surface area (Å²) in [5.41, 5.74) is 1.78. The van der Waals surface area contributed by atoms with E-state index in [1.165, 1.54) is 7.11 Å². The quantitative estimate of drug-likeness (QED) is 0.863. The molecule has 3 rings (SSSR count). The molecule has 120 valence electrons. The second kappa shape index (κ2) is 6.12. The summed E-state index contributed by atoms with van der Waals surface area (Å²) in [4.78, 5) is 23.3. The van der Waals surface area contributed by atoms with Crippen LogP contribution in [-0.2, 0) is 21.4 Å². The molecule has 1 N–H and O–H groups in total. The van der Waals surface area contributed by atoms with Crippen molar-refractivity contribution in [2.75, 3.05) is 19.0 Å². The van der Waals surface area contributed by atoms with Crippen molar-refractivity contribution < 1.29 is 19.1 Å². The number of aromatic nitrogens is 2. The number of anilines is 1. The van der Waals surface area contributed by atoms with Crippen LogP contribution in [0.3, 0.4) is 0 Å². The Morgan fingerprint density at radius 2 is 2.17 bits per heavy atom. The number of para-hydroxylation sites is 1. The second-order valence-corrected chi connectivity index (χ2v) is 5.28. The van der Waals surface area contributed by atoms with Gasteiger partial charge in [-0.1, -0.05) is 18.2 Å². The van der Waals surface area contributed by atoms with Crippen molar-refractivity contribution in [3.05, 3.63) is 41.6 Å². The first kappa shape index (κ1) is 15.1. The average molecular weight is 315 g/mol. The summed E-state index contributed by atoms with van der Waals surface area (Å²) in [6.07, 6.45) is 2.05. The van der Waals surface area contributed by atoms with Gasteiger partial charge in [-0.25, -0.2) is 4.79 Å². The van der Waals surface area contributed by atoms with E-state index in [1.54, 1.807) is 24.0 Å². The topological polar surface area (TPSA) is 82.4 Å². The molecule has 0 saturated heterocycles. The van der Waals surface area contributed by atoms with Crippen molar-refractivity contribution in [1.82, 2.24) is 9.78 Å². The van der Waals surface area contributed by atoms with Crippen molar-refractivity contribution >= 4 is 17.7 Å². The van der Waals surface area contributed by atoms with E-state index in [0.29, 0.717) is 18.0 Å². The van der Waals surface area contributed by atoms with Crippen LogP contribution in [0.15, 0.2) is 30.5 Å². The zero-order valence-electron chi connectivity index (χ0n) is 12.9. The van der Waals surface area contributed by atoms with Gasteiger partial charge in [-0.2, -0.15) is 5.10 Å². The number of hydrogen-bond acceptors (Lipinski definition) is 5. The Morgan fingerprint density at radius 1 is 1.39 bits per heavy atom. The number of hydrogen-bond donors (Lipinski definition) is 1. The lowest BCUT2D eigenvalue weighted by Gasteiger charge is -2.24.